The van der Waals surface area contributed by atoms with E-state index in [2.05, 4.69) is 40.2 Å². The first-order valence-corrected chi connectivity index (χ1v) is 19.9. The Labute approximate surface area is 273 Å². The molecule has 254 valence electrons. The predicted octanol–water partition coefficient (Wildman–Crippen LogP) is 5.30. The first-order valence-electron chi connectivity index (χ1n) is 16.2. The first-order chi connectivity index (χ1) is 22.0. The third-order valence-electron chi connectivity index (χ3n) is 9.05. The zero-order valence-electron chi connectivity index (χ0n) is 28.4. The van der Waals surface area contributed by atoms with Gasteiger partial charge in [0.15, 0.2) is 17.3 Å². The van der Waals surface area contributed by atoms with Gasteiger partial charge in [-0.05, 0) is 58.6 Å². The van der Waals surface area contributed by atoms with Crippen LogP contribution in [0.2, 0.25) is 25.7 Å². The van der Waals surface area contributed by atoms with E-state index in [1.54, 1.807) is 17.8 Å². The minimum atomic E-state index is -1.37. The zero-order valence-corrected chi connectivity index (χ0v) is 29.4. The molecule has 2 fully saturated rings. The quantitative estimate of drug-likeness (QED) is 0.198. The highest BCUT2D eigenvalue weighted by Gasteiger charge is 2.43. The third-order valence-corrected chi connectivity index (χ3v) is 10.8. The fourth-order valence-electron chi connectivity index (χ4n) is 6.82. The Hall–Kier alpha value is -3.85. The van der Waals surface area contributed by atoms with E-state index in [-0.39, 0.29) is 58.0 Å². The Kier molecular flexibility index (Phi) is 8.43. The number of nitrogens with one attached hydrogen (secondary N) is 1. The maximum atomic E-state index is 15.7. The summed E-state index contributed by atoms with van der Waals surface area (Å²) in [5.74, 6) is -1.68. The Bertz CT molecular complexity index is 1890. The van der Waals surface area contributed by atoms with E-state index in [9.17, 15) is 9.59 Å². The van der Waals surface area contributed by atoms with E-state index in [1.165, 1.54) is 22.4 Å². The molecule has 0 radical (unpaired) electrons. The summed E-state index contributed by atoms with van der Waals surface area (Å²) in [7, 11) is 1.78. The molecule has 2 saturated heterocycles. The van der Waals surface area contributed by atoms with Crippen LogP contribution in [0, 0.1) is 11.6 Å². The highest BCUT2D eigenvalue weighted by Crippen LogP contribution is 2.40. The molecule has 1 amide bonds. The second kappa shape index (κ2) is 12.0. The molecule has 47 heavy (non-hydrogen) atoms. The number of benzene rings is 1. The number of anilines is 1. The van der Waals surface area contributed by atoms with Crippen molar-refractivity contribution in [2.75, 3.05) is 11.5 Å². The van der Waals surface area contributed by atoms with Crippen LogP contribution in [0.1, 0.15) is 46.5 Å². The SMILES string of the molecule is Cn1c(N2[C@@H]3CC[C@H]2CC(NC(=O)OC(C)(C)C)C3)nc2c(c(-c3cc4nnn(C)c4c(F)c3F)cn2COCC[Si](C)(C)C)c1=O. The van der Waals surface area contributed by atoms with Crippen molar-refractivity contribution >= 4 is 42.2 Å². The number of nitrogens with zero attached hydrogens (tertiary/aromatic N) is 7. The Morgan fingerprint density at radius 1 is 1.09 bits per heavy atom. The summed E-state index contributed by atoms with van der Waals surface area (Å²) < 4.78 is 47.0. The van der Waals surface area contributed by atoms with Crippen molar-refractivity contribution in [3.8, 4) is 11.1 Å². The number of hydrogen-bond acceptors (Lipinski definition) is 8. The monoisotopic (exact) mass is 670 g/mol. The summed E-state index contributed by atoms with van der Waals surface area (Å²) in [4.78, 5) is 34.0. The summed E-state index contributed by atoms with van der Waals surface area (Å²) in [6, 6.07) is 2.39. The van der Waals surface area contributed by atoms with Crippen LogP contribution in [-0.4, -0.2) is 73.6 Å². The number of halogens is 2. The smallest absolute Gasteiger partial charge is 0.407 e. The van der Waals surface area contributed by atoms with Crippen molar-refractivity contribution in [2.45, 2.75) is 103 Å². The van der Waals surface area contributed by atoms with Crippen LogP contribution < -0.4 is 15.8 Å². The minimum Gasteiger partial charge on any atom is -0.444 e. The normalized spacial score (nSPS) is 20.0. The average molecular weight is 671 g/mol. The molecule has 0 aliphatic carbocycles. The summed E-state index contributed by atoms with van der Waals surface area (Å²) in [5, 5.41) is 11.0. The van der Waals surface area contributed by atoms with Gasteiger partial charge in [0.25, 0.3) is 5.56 Å². The predicted molar refractivity (Wildman–Crippen MR) is 178 cm³/mol. The van der Waals surface area contributed by atoms with Crippen LogP contribution >= 0.6 is 0 Å². The van der Waals surface area contributed by atoms with Crippen LogP contribution in [0.25, 0.3) is 33.2 Å². The second-order valence-electron chi connectivity index (χ2n) is 15.1. The van der Waals surface area contributed by atoms with Gasteiger partial charge in [-0.1, -0.05) is 24.9 Å². The minimum absolute atomic E-state index is 0.0470. The van der Waals surface area contributed by atoms with Crippen LogP contribution in [0.5, 0.6) is 0 Å². The Morgan fingerprint density at radius 2 is 1.77 bits per heavy atom. The summed E-state index contributed by atoms with van der Waals surface area (Å²) in [6.07, 6.45) is 4.31. The molecule has 3 atom stereocenters. The Morgan fingerprint density at radius 3 is 2.40 bits per heavy atom. The molecule has 12 nitrogen and oxygen atoms in total. The fourth-order valence-corrected chi connectivity index (χ4v) is 7.58. The number of carbonyl (C=O) groups is 1. The van der Waals surface area contributed by atoms with E-state index in [4.69, 9.17) is 14.5 Å². The number of ether oxygens (including phenoxy) is 2. The molecular formula is C32H44F2N8O4Si. The molecule has 4 aromatic rings. The van der Waals surface area contributed by atoms with Crippen LogP contribution in [0.15, 0.2) is 17.1 Å². The van der Waals surface area contributed by atoms with Crippen molar-refractivity contribution < 1.29 is 23.0 Å². The number of hydrogen-bond donors (Lipinski definition) is 1. The molecule has 1 N–H and O–H groups in total. The number of carbonyl (C=O) groups excluding carboxylic acids is 1. The van der Waals surface area contributed by atoms with Crippen molar-refractivity contribution in [3.05, 3.63) is 34.3 Å². The molecule has 1 unspecified atom stereocenters. The second-order valence-corrected chi connectivity index (χ2v) is 20.7. The van der Waals surface area contributed by atoms with Crippen molar-refractivity contribution in [1.29, 1.82) is 0 Å². The molecular weight excluding hydrogens is 626 g/mol. The van der Waals surface area contributed by atoms with Gasteiger partial charge < -0.3 is 24.3 Å². The van der Waals surface area contributed by atoms with E-state index >= 15 is 8.78 Å². The molecule has 2 bridgehead atoms. The lowest BCUT2D eigenvalue weighted by Crippen LogP contribution is -2.52. The number of amides is 1. The number of aromatic nitrogens is 6. The lowest BCUT2D eigenvalue weighted by molar-refractivity contribution is 0.0492. The molecule has 2 aliphatic rings. The summed E-state index contributed by atoms with van der Waals surface area (Å²) >= 11 is 0. The fraction of sp³-hybridized carbons (Fsp3) is 0.594. The standard InChI is InChI=1S/C32H44F2N8O4Si/c1-32(2,3)46-31(44)35-18-13-19-9-10-20(14-18)42(19)30-36-28-24(29(43)39(30)4)22(16-41(28)17-45-11-12-47(6,7)8)21-15-23-27(26(34)25(21)33)40(5)38-37-23/h15-16,18-20H,9-14,17H2,1-8H3,(H,35,44)/t18?,19-,20+. The maximum Gasteiger partial charge on any atom is 0.407 e. The third kappa shape index (κ3) is 6.38. The lowest BCUT2D eigenvalue weighted by Gasteiger charge is -2.40. The molecule has 2 aliphatic heterocycles. The number of rotatable bonds is 8. The first kappa shape index (κ1) is 33.1. The molecule has 3 aromatic heterocycles. The van der Waals surface area contributed by atoms with E-state index < -0.39 is 31.4 Å². The van der Waals surface area contributed by atoms with Crippen LogP contribution in [0.3, 0.4) is 0 Å². The average Bonchev–Trinajstić information content (AvgIpc) is 3.60. The molecule has 0 saturated carbocycles. The largest absolute Gasteiger partial charge is 0.444 e. The van der Waals surface area contributed by atoms with Gasteiger partial charge in [0.05, 0.1) is 5.39 Å². The highest BCUT2D eigenvalue weighted by molar-refractivity contribution is 6.76. The molecule has 5 heterocycles. The number of piperidine rings is 1. The van der Waals surface area contributed by atoms with Crippen LogP contribution in [0.4, 0.5) is 19.5 Å². The topological polar surface area (TPSA) is 121 Å². The van der Waals surface area contributed by atoms with Gasteiger partial charge >= 0.3 is 6.09 Å². The van der Waals surface area contributed by atoms with Gasteiger partial charge in [0, 0.05) is 64.2 Å². The van der Waals surface area contributed by atoms with Crippen molar-refractivity contribution in [1.82, 2.24) is 34.4 Å². The molecule has 6 rings (SSSR count). The highest BCUT2D eigenvalue weighted by atomic mass is 28.3. The van der Waals surface area contributed by atoms with E-state index in [0.29, 0.717) is 31.0 Å². The van der Waals surface area contributed by atoms with E-state index in [1.807, 2.05) is 20.8 Å². The number of fused-ring (bicyclic) bond motifs is 4. The Balaban J connectivity index is 1.40. The van der Waals surface area contributed by atoms with Gasteiger partial charge in [-0.2, -0.15) is 4.98 Å². The van der Waals surface area contributed by atoms with Gasteiger partial charge in [0.1, 0.15) is 23.4 Å². The summed E-state index contributed by atoms with van der Waals surface area (Å²) in [6.45, 7) is 12.9. The van der Waals surface area contributed by atoms with Crippen molar-refractivity contribution in [2.24, 2.45) is 14.1 Å². The lowest BCUT2D eigenvalue weighted by atomic mass is 9.98. The number of aryl methyl sites for hydroxylation is 1. The van der Waals surface area contributed by atoms with Gasteiger partial charge in [-0.15, -0.1) is 5.10 Å². The van der Waals surface area contributed by atoms with Crippen LogP contribution in [-0.2, 0) is 30.3 Å². The van der Waals surface area contributed by atoms with Crippen molar-refractivity contribution in [3.63, 3.8) is 0 Å². The van der Waals surface area contributed by atoms with Gasteiger partial charge in [-0.3, -0.25) is 9.36 Å². The number of alkyl carbamates (subject to hydrolysis) is 1. The van der Waals surface area contributed by atoms with Gasteiger partial charge in [0.2, 0.25) is 5.95 Å². The molecule has 0 spiro atoms. The summed E-state index contributed by atoms with van der Waals surface area (Å²) in [5.41, 5.74) is -0.412. The van der Waals surface area contributed by atoms with E-state index in [0.717, 1.165) is 18.9 Å². The molecule has 1 aromatic carbocycles. The maximum absolute atomic E-state index is 15.7. The molecule has 15 heteroatoms. The van der Waals surface area contributed by atoms with Gasteiger partial charge in [-0.25, -0.2) is 18.3 Å². The zero-order chi connectivity index (χ0) is 34.0.